The zero-order chi connectivity index (χ0) is 13.7. The second kappa shape index (κ2) is 5.65. The number of hydrogen-bond acceptors (Lipinski definition) is 2. The molecule has 1 heterocycles. The Bertz CT molecular complexity index is 498. The predicted molar refractivity (Wildman–Crippen MR) is 72.5 cm³/mol. The van der Waals surface area contributed by atoms with Crippen molar-refractivity contribution < 1.29 is 14.1 Å². The summed E-state index contributed by atoms with van der Waals surface area (Å²) in [5, 5.41) is 0. The molecule has 0 N–H and O–H groups in total. The van der Waals surface area contributed by atoms with E-state index in [0.717, 1.165) is 5.56 Å². The monoisotopic (exact) mass is 256 g/mol. The zero-order valence-electron chi connectivity index (χ0n) is 11.2. The van der Waals surface area contributed by atoms with Gasteiger partial charge in [-0.1, -0.05) is 43.3 Å². The minimum absolute atomic E-state index is 0.252. The first-order valence-electron chi connectivity index (χ1n) is 6.36. The van der Waals surface area contributed by atoms with Crippen molar-refractivity contribution in [2.24, 2.45) is 0 Å². The molecule has 0 bridgehead atoms. The van der Waals surface area contributed by atoms with Crippen LogP contribution in [0.2, 0.25) is 0 Å². The number of benzene rings is 1. The van der Waals surface area contributed by atoms with Crippen LogP contribution in [-0.4, -0.2) is 13.1 Å². The largest absolute Gasteiger partial charge is 0.464 e. The smallest absolute Gasteiger partial charge is 0.383 e. The van der Waals surface area contributed by atoms with Gasteiger partial charge in [0.15, 0.2) is 12.4 Å². The van der Waals surface area contributed by atoms with Crippen LogP contribution in [0, 0.1) is 0 Å². The van der Waals surface area contributed by atoms with Gasteiger partial charge in [-0.3, -0.25) is 0 Å². The van der Waals surface area contributed by atoms with E-state index in [2.05, 4.69) is 0 Å². The van der Waals surface area contributed by atoms with Gasteiger partial charge in [0.25, 0.3) is 5.54 Å². The molecule has 0 aliphatic carbocycles. The summed E-state index contributed by atoms with van der Waals surface area (Å²) in [4.78, 5) is 12.4. The van der Waals surface area contributed by atoms with Crippen LogP contribution in [0.15, 0.2) is 60.9 Å². The van der Waals surface area contributed by atoms with Gasteiger partial charge in [-0.2, -0.15) is 4.57 Å². The number of rotatable bonds is 4. The molecule has 0 amide bonds. The first-order chi connectivity index (χ1) is 9.25. The summed E-state index contributed by atoms with van der Waals surface area (Å²) in [6.45, 7) is 1.99. The summed E-state index contributed by atoms with van der Waals surface area (Å²) in [5.74, 6) is -0.252. The van der Waals surface area contributed by atoms with E-state index in [9.17, 15) is 4.79 Å². The highest BCUT2D eigenvalue weighted by molar-refractivity contribution is 5.80. The Morgan fingerprint density at radius 2 is 1.68 bits per heavy atom. The Labute approximate surface area is 113 Å². The Morgan fingerprint density at radius 3 is 2.21 bits per heavy atom. The molecule has 0 saturated heterocycles. The molecule has 2 aromatic rings. The minimum atomic E-state index is -0.808. The van der Waals surface area contributed by atoms with Crippen LogP contribution in [-0.2, 0) is 15.1 Å². The molecule has 1 aromatic heterocycles. The summed E-state index contributed by atoms with van der Waals surface area (Å²) in [7, 11) is 1.43. The van der Waals surface area contributed by atoms with Crippen LogP contribution >= 0.6 is 0 Å². The van der Waals surface area contributed by atoms with Crippen molar-refractivity contribution in [3.8, 4) is 0 Å². The van der Waals surface area contributed by atoms with Gasteiger partial charge >= 0.3 is 5.97 Å². The quantitative estimate of drug-likeness (QED) is 0.620. The normalized spacial score (nSPS) is 13.6. The molecule has 0 spiro atoms. The molecule has 3 heteroatoms. The van der Waals surface area contributed by atoms with E-state index in [4.69, 9.17) is 4.74 Å². The molecule has 1 unspecified atom stereocenters. The molecule has 0 fully saturated rings. The maximum absolute atomic E-state index is 12.4. The zero-order valence-corrected chi connectivity index (χ0v) is 11.2. The van der Waals surface area contributed by atoms with Crippen molar-refractivity contribution >= 4 is 5.97 Å². The van der Waals surface area contributed by atoms with E-state index in [0.29, 0.717) is 6.42 Å². The number of nitrogens with zero attached hydrogens (tertiary/aromatic N) is 1. The lowest BCUT2D eigenvalue weighted by Crippen LogP contribution is -2.61. The number of methoxy groups -OCH3 is 1. The molecule has 0 aliphatic heterocycles. The molecule has 98 valence electrons. The molecule has 0 radical (unpaired) electrons. The van der Waals surface area contributed by atoms with E-state index in [1.807, 2.05) is 72.4 Å². The van der Waals surface area contributed by atoms with Crippen molar-refractivity contribution in [3.63, 3.8) is 0 Å². The Kier molecular flexibility index (Phi) is 3.95. The van der Waals surface area contributed by atoms with E-state index in [1.165, 1.54) is 7.11 Å². The lowest BCUT2D eigenvalue weighted by atomic mass is 9.86. The Morgan fingerprint density at radius 1 is 1.11 bits per heavy atom. The van der Waals surface area contributed by atoms with Crippen molar-refractivity contribution in [3.05, 3.63) is 66.5 Å². The van der Waals surface area contributed by atoms with Gasteiger partial charge < -0.3 is 4.74 Å². The average molecular weight is 256 g/mol. The fourth-order valence-corrected chi connectivity index (χ4v) is 2.44. The second-order valence-corrected chi connectivity index (χ2v) is 4.35. The molecule has 2 rings (SSSR count). The van der Waals surface area contributed by atoms with Crippen LogP contribution in [0.4, 0.5) is 0 Å². The second-order valence-electron chi connectivity index (χ2n) is 4.35. The first-order valence-corrected chi connectivity index (χ1v) is 6.36. The third-order valence-corrected chi connectivity index (χ3v) is 3.44. The highest BCUT2D eigenvalue weighted by atomic mass is 16.5. The number of pyridine rings is 1. The maximum atomic E-state index is 12.4. The number of hydrogen-bond donors (Lipinski definition) is 0. The topological polar surface area (TPSA) is 30.2 Å². The van der Waals surface area contributed by atoms with Crippen LogP contribution in [0.5, 0.6) is 0 Å². The van der Waals surface area contributed by atoms with E-state index in [-0.39, 0.29) is 5.97 Å². The SMILES string of the molecule is CCC(C(=O)OC)(c1ccccc1)[n+]1ccccc1. The van der Waals surface area contributed by atoms with Crippen molar-refractivity contribution in [2.45, 2.75) is 18.9 Å². The molecular formula is C16H18NO2+. The lowest BCUT2D eigenvalue weighted by molar-refractivity contribution is -0.741. The highest BCUT2D eigenvalue weighted by Crippen LogP contribution is 2.25. The van der Waals surface area contributed by atoms with Gasteiger partial charge in [-0.05, 0) is 0 Å². The third kappa shape index (κ3) is 2.24. The van der Waals surface area contributed by atoms with Crippen LogP contribution < -0.4 is 4.57 Å². The average Bonchev–Trinajstić information content (AvgIpc) is 2.50. The van der Waals surface area contributed by atoms with Gasteiger partial charge in [-0.15, -0.1) is 0 Å². The van der Waals surface area contributed by atoms with E-state index >= 15 is 0 Å². The fraction of sp³-hybridized carbons (Fsp3) is 0.250. The molecule has 1 aromatic carbocycles. The van der Waals surface area contributed by atoms with Gasteiger partial charge in [0, 0.05) is 24.1 Å². The number of carbonyl (C=O) groups is 1. The first kappa shape index (κ1) is 13.3. The summed E-state index contributed by atoms with van der Waals surface area (Å²) in [5.41, 5.74) is 0.123. The van der Waals surface area contributed by atoms with Crippen molar-refractivity contribution in [2.75, 3.05) is 7.11 Å². The van der Waals surface area contributed by atoms with Gasteiger partial charge in [0.1, 0.15) is 0 Å². The predicted octanol–water partition coefficient (Wildman–Crippen LogP) is 2.30. The highest BCUT2D eigenvalue weighted by Gasteiger charge is 2.49. The lowest BCUT2D eigenvalue weighted by Gasteiger charge is -2.24. The molecule has 0 aliphatic rings. The van der Waals surface area contributed by atoms with Crippen LogP contribution in [0.1, 0.15) is 18.9 Å². The Hall–Kier alpha value is -2.16. The summed E-state index contributed by atoms with van der Waals surface area (Å²) >= 11 is 0. The number of ether oxygens (including phenoxy) is 1. The number of esters is 1. The van der Waals surface area contributed by atoms with Crippen molar-refractivity contribution in [1.29, 1.82) is 0 Å². The van der Waals surface area contributed by atoms with E-state index in [1.54, 1.807) is 0 Å². The number of carbonyl (C=O) groups excluding carboxylic acids is 1. The molecule has 19 heavy (non-hydrogen) atoms. The van der Waals surface area contributed by atoms with Crippen LogP contribution in [0.25, 0.3) is 0 Å². The molecular weight excluding hydrogens is 238 g/mol. The fourth-order valence-electron chi connectivity index (χ4n) is 2.44. The van der Waals surface area contributed by atoms with E-state index < -0.39 is 5.54 Å². The molecule has 0 saturated carbocycles. The standard InChI is InChI=1S/C16H18NO2/c1-3-16(15(18)19-2,14-10-6-4-7-11-14)17-12-8-5-9-13-17/h4-13H,3H2,1-2H3/q+1. The van der Waals surface area contributed by atoms with Crippen LogP contribution in [0.3, 0.4) is 0 Å². The summed E-state index contributed by atoms with van der Waals surface area (Å²) in [6, 6.07) is 15.5. The Balaban J connectivity index is 2.66. The van der Waals surface area contributed by atoms with Gasteiger partial charge in [0.05, 0.1) is 7.11 Å². The van der Waals surface area contributed by atoms with Gasteiger partial charge in [0.2, 0.25) is 0 Å². The summed E-state index contributed by atoms with van der Waals surface area (Å²) < 4.78 is 6.97. The van der Waals surface area contributed by atoms with Gasteiger partial charge in [-0.25, -0.2) is 4.79 Å². The maximum Gasteiger partial charge on any atom is 0.383 e. The number of aromatic nitrogens is 1. The van der Waals surface area contributed by atoms with Crippen molar-refractivity contribution in [1.82, 2.24) is 0 Å². The molecule has 1 atom stereocenters. The minimum Gasteiger partial charge on any atom is -0.464 e. The molecule has 3 nitrogen and oxygen atoms in total. The third-order valence-electron chi connectivity index (χ3n) is 3.44. The summed E-state index contributed by atoms with van der Waals surface area (Å²) in [6.07, 6.45) is 4.42.